The molecule has 0 radical (unpaired) electrons. The van der Waals surface area contributed by atoms with Crippen molar-refractivity contribution in [3.05, 3.63) is 94.9 Å². The Balaban J connectivity index is 1.35. The highest BCUT2D eigenvalue weighted by atomic mass is 32.2. The van der Waals surface area contributed by atoms with Crippen molar-refractivity contribution in [1.82, 2.24) is 15.1 Å². The number of nitrogens with zero attached hydrogens (tertiary/aromatic N) is 2. The van der Waals surface area contributed by atoms with Gasteiger partial charge < -0.3 is 10.6 Å². The molecule has 0 saturated carbocycles. The van der Waals surface area contributed by atoms with Gasteiger partial charge in [-0.3, -0.25) is 9.59 Å². The van der Waals surface area contributed by atoms with Gasteiger partial charge in [0.25, 0.3) is 5.91 Å². The number of carbonyl (C=O) groups is 2. The van der Waals surface area contributed by atoms with Gasteiger partial charge in [0.15, 0.2) is 0 Å². The molecule has 2 N–H and O–H groups in total. The molecule has 3 aromatic carbocycles. The second-order valence-corrected chi connectivity index (χ2v) is 8.79. The number of thioether (sulfide) groups is 1. The topological polar surface area (TPSA) is 76.0 Å². The van der Waals surface area contributed by atoms with Crippen LogP contribution in [0.15, 0.2) is 66.7 Å². The van der Waals surface area contributed by atoms with Gasteiger partial charge in [0.1, 0.15) is 18.2 Å². The van der Waals surface area contributed by atoms with E-state index in [2.05, 4.69) is 15.7 Å². The highest BCUT2D eigenvalue weighted by molar-refractivity contribution is 7.98. The van der Waals surface area contributed by atoms with E-state index in [1.165, 1.54) is 12.1 Å². The molecule has 0 unspecified atom stereocenters. The summed E-state index contributed by atoms with van der Waals surface area (Å²) in [5, 5.41) is 12.3. The molecular formula is C25H21FN4O2S. The summed E-state index contributed by atoms with van der Waals surface area (Å²) in [5.74, 6) is 1.24. The van der Waals surface area contributed by atoms with Crippen molar-refractivity contribution in [2.24, 2.45) is 0 Å². The number of rotatable bonds is 6. The number of anilines is 1. The van der Waals surface area contributed by atoms with Crippen LogP contribution in [0.2, 0.25) is 0 Å². The van der Waals surface area contributed by atoms with Crippen LogP contribution in [0.1, 0.15) is 27.2 Å². The van der Waals surface area contributed by atoms with E-state index in [-0.39, 0.29) is 30.7 Å². The predicted molar refractivity (Wildman–Crippen MR) is 127 cm³/mol. The number of amides is 2. The van der Waals surface area contributed by atoms with Crippen LogP contribution in [0.5, 0.6) is 0 Å². The first-order valence-electron chi connectivity index (χ1n) is 10.5. The maximum absolute atomic E-state index is 13.2. The number of carbonyl (C=O) groups excluding carboxylic acids is 2. The van der Waals surface area contributed by atoms with Crippen LogP contribution in [0, 0.1) is 5.82 Å². The van der Waals surface area contributed by atoms with Gasteiger partial charge in [-0.05, 0) is 34.5 Å². The fourth-order valence-electron chi connectivity index (χ4n) is 3.91. The number of aromatic nitrogens is 2. The molecule has 1 aliphatic heterocycles. The summed E-state index contributed by atoms with van der Waals surface area (Å²) < 4.78 is 14.6. The average Bonchev–Trinajstić information content (AvgIpc) is 3.40. The smallest absolute Gasteiger partial charge is 0.257 e. The molecule has 166 valence electrons. The fraction of sp³-hybridized carbons (Fsp3) is 0.160. The highest BCUT2D eigenvalue weighted by Crippen LogP contribution is 2.35. The van der Waals surface area contributed by atoms with Crippen molar-refractivity contribution in [2.75, 3.05) is 5.32 Å². The van der Waals surface area contributed by atoms with Crippen molar-refractivity contribution in [1.29, 1.82) is 0 Å². The Kier molecular flexibility index (Phi) is 5.83. The summed E-state index contributed by atoms with van der Waals surface area (Å²) in [6.45, 7) is 0.262. The molecule has 33 heavy (non-hydrogen) atoms. The predicted octanol–water partition coefficient (Wildman–Crippen LogP) is 4.49. The van der Waals surface area contributed by atoms with Crippen molar-refractivity contribution in [2.45, 2.75) is 24.6 Å². The SMILES string of the molecule is O=C(Cn1nc2c(c1NC(=O)c1cccc3ccccc13)CSC2)NCc1ccc(F)cc1. The highest BCUT2D eigenvalue weighted by Gasteiger charge is 2.25. The largest absolute Gasteiger partial charge is 0.350 e. The monoisotopic (exact) mass is 460 g/mol. The molecule has 1 aromatic heterocycles. The van der Waals surface area contributed by atoms with Crippen LogP contribution in [0.4, 0.5) is 10.2 Å². The Hall–Kier alpha value is -3.65. The van der Waals surface area contributed by atoms with Gasteiger partial charge >= 0.3 is 0 Å². The third-order valence-corrected chi connectivity index (χ3v) is 6.55. The van der Waals surface area contributed by atoms with Gasteiger partial charge in [-0.15, -0.1) is 0 Å². The van der Waals surface area contributed by atoms with E-state index in [0.29, 0.717) is 11.4 Å². The van der Waals surface area contributed by atoms with Crippen molar-refractivity contribution < 1.29 is 14.0 Å². The van der Waals surface area contributed by atoms with Gasteiger partial charge in [0.05, 0.1) is 5.69 Å². The number of benzene rings is 3. The first-order valence-corrected chi connectivity index (χ1v) is 11.7. The standard InChI is InChI=1S/C25H21FN4O2S/c26-18-10-8-16(9-11-18)12-27-23(31)13-30-24(21-14-33-15-22(21)29-30)28-25(32)20-7-3-5-17-4-1-2-6-19(17)20/h1-11H,12-15H2,(H,27,31)(H,28,32). The summed E-state index contributed by atoms with van der Waals surface area (Å²) in [4.78, 5) is 25.8. The van der Waals surface area contributed by atoms with Crippen LogP contribution in [-0.4, -0.2) is 21.6 Å². The summed E-state index contributed by atoms with van der Waals surface area (Å²) in [6, 6.07) is 19.3. The van der Waals surface area contributed by atoms with Crippen molar-refractivity contribution in [3.63, 3.8) is 0 Å². The van der Waals surface area contributed by atoms with Gasteiger partial charge in [0, 0.05) is 29.2 Å². The Morgan fingerprint density at radius 1 is 1.00 bits per heavy atom. The Morgan fingerprint density at radius 3 is 2.64 bits per heavy atom. The van der Waals surface area contributed by atoms with E-state index in [9.17, 15) is 14.0 Å². The molecule has 0 aliphatic carbocycles. The van der Waals surface area contributed by atoms with Crippen LogP contribution < -0.4 is 10.6 Å². The molecule has 4 aromatic rings. The molecule has 0 fully saturated rings. The van der Waals surface area contributed by atoms with Crippen molar-refractivity contribution >= 4 is 40.2 Å². The third kappa shape index (κ3) is 4.47. The lowest BCUT2D eigenvalue weighted by atomic mass is 10.0. The maximum atomic E-state index is 13.2. The fourth-order valence-corrected chi connectivity index (χ4v) is 4.95. The lowest BCUT2D eigenvalue weighted by molar-refractivity contribution is -0.122. The van der Waals surface area contributed by atoms with Crippen LogP contribution in [-0.2, 0) is 29.4 Å². The van der Waals surface area contributed by atoms with E-state index in [4.69, 9.17) is 0 Å². The van der Waals surface area contributed by atoms with Gasteiger partial charge in [-0.1, -0.05) is 48.5 Å². The Labute approximate surface area is 194 Å². The van der Waals surface area contributed by atoms with E-state index in [0.717, 1.165) is 39.1 Å². The molecule has 8 heteroatoms. The molecule has 0 atom stereocenters. The molecular weight excluding hydrogens is 439 g/mol. The minimum absolute atomic E-state index is 0.0238. The summed E-state index contributed by atoms with van der Waals surface area (Å²) in [5.41, 5.74) is 3.22. The zero-order valence-corrected chi connectivity index (χ0v) is 18.5. The lowest BCUT2D eigenvalue weighted by Gasteiger charge is -2.12. The summed E-state index contributed by atoms with van der Waals surface area (Å²) >= 11 is 1.73. The van der Waals surface area contributed by atoms with Gasteiger partial charge in [-0.2, -0.15) is 16.9 Å². The quantitative estimate of drug-likeness (QED) is 0.445. The van der Waals surface area contributed by atoms with Crippen LogP contribution in [0.25, 0.3) is 10.8 Å². The zero-order chi connectivity index (χ0) is 22.8. The third-order valence-electron chi connectivity index (χ3n) is 5.58. The average molecular weight is 461 g/mol. The molecule has 1 aliphatic rings. The molecule has 2 heterocycles. The first kappa shape index (κ1) is 21.2. The molecule has 0 saturated heterocycles. The van der Waals surface area contributed by atoms with E-state index < -0.39 is 0 Å². The molecule has 5 rings (SSSR count). The number of halogens is 1. The molecule has 0 spiro atoms. The molecule has 2 amide bonds. The van der Waals surface area contributed by atoms with Crippen LogP contribution >= 0.6 is 11.8 Å². The van der Waals surface area contributed by atoms with Crippen LogP contribution in [0.3, 0.4) is 0 Å². The molecule has 0 bridgehead atoms. The molecule has 6 nitrogen and oxygen atoms in total. The second kappa shape index (κ2) is 9.07. The van der Waals surface area contributed by atoms with E-state index in [1.807, 2.05) is 36.4 Å². The summed E-state index contributed by atoms with van der Waals surface area (Å²) in [6.07, 6.45) is 0. The second-order valence-electron chi connectivity index (χ2n) is 7.81. The Bertz CT molecular complexity index is 1350. The van der Waals surface area contributed by atoms with Crippen molar-refractivity contribution in [3.8, 4) is 0 Å². The normalized spacial score (nSPS) is 12.5. The van der Waals surface area contributed by atoms with E-state index >= 15 is 0 Å². The summed E-state index contributed by atoms with van der Waals surface area (Å²) in [7, 11) is 0. The minimum atomic E-state index is -0.319. The maximum Gasteiger partial charge on any atom is 0.257 e. The lowest BCUT2D eigenvalue weighted by Crippen LogP contribution is -2.28. The number of hydrogen-bond donors (Lipinski definition) is 2. The first-order chi connectivity index (χ1) is 16.1. The minimum Gasteiger partial charge on any atom is -0.350 e. The number of nitrogens with one attached hydrogen (secondary N) is 2. The van der Waals surface area contributed by atoms with E-state index in [1.54, 1.807) is 34.6 Å². The van der Waals surface area contributed by atoms with Gasteiger partial charge in [-0.25, -0.2) is 9.07 Å². The number of hydrogen-bond acceptors (Lipinski definition) is 4. The Morgan fingerprint density at radius 2 is 1.79 bits per heavy atom. The van der Waals surface area contributed by atoms with Gasteiger partial charge in [0.2, 0.25) is 5.91 Å². The zero-order valence-electron chi connectivity index (χ0n) is 17.7. The number of fused-ring (bicyclic) bond motifs is 2.